The first-order valence-electron chi connectivity index (χ1n) is 8.91. The first kappa shape index (κ1) is 17.7. The van der Waals surface area contributed by atoms with Gasteiger partial charge in [0.2, 0.25) is 0 Å². The topological polar surface area (TPSA) is 40.5 Å². The van der Waals surface area contributed by atoms with Crippen molar-refractivity contribution in [2.45, 2.75) is 66.2 Å². The average molecular weight is 306 g/mol. The van der Waals surface area contributed by atoms with Crippen LogP contribution in [0.2, 0.25) is 0 Å². The molecule has 2 heteroatoms. The van der Waals surface area contributed by atoms with Crippen molar-refractivity contribution in [2.75, 3.05) is 13.2 Å². The van der Waals surface area contributed by atoms with Crippen molar-refractivity contribution in [1.29, 1.82) is 0 Å². The zero-order chi connectivity index (χ0) is 16.4. The van der Waals surface area contributed by atoms with Crippen molar-refractivity contribution in [3.05, 3.63) is 23.3 Å². The lowest BCUT2D eigenvalue weighted by Gasteiger charge is -2.57. The second kappa shape index (κ2) is 6.88. The van der Waals surface area contributed by atoms with E-state index < -0.39 is 0 Å². The average Bonchev–Trinajstić information content (AvgIpc) is 2.44. The van der Waals surface area contributed by atoms with Crippen LogP contribution in [0.1, 0.15) is 66.2 Å². The molecule has 0 aromatic rings. The van der Waals surface area contributed by atoms with Crippen molar-refractivity contribution < 1.29 is 10.2 Å². The molecule has 1 saturated carbocycles. The summed E-state index contributed by atoms with van der Waals surface area (Å²) in [5.74, 6) is 1.20. The summed E-state index contributed by atoms with van der Waals surface area (Å²) in [6.07, 6.45) is 11.4. The van der Waals surface area contributed by atoms with Crippen LogP contribution in [-0.4, -0.2) is 23.4 Å². The minimum absolute atomic E-state index is 0.131. The summed E-state index contributed by atoms with van der Waals surface area (Å²) in [6.45, 7) is 9.77. The third-order valence-electron chi connectivity index (χ3n) is 6.58. The Labute approximate surface area is 136 Å². The summed E-state index contributed by atoms with van der Waals surface area (Å²) in [4.78, 5) is 0. The van der Waals surface area contributed by atoms with Crippen LogP contribution in [0.25, 0.3) is 0 Å². The molecule has 0 unspecified atom stereocenters. The van der Waals surface area contributed by atoms with E-state index in [0.29, 0.717) is 16.7 Å². The quantitative estimate of drug-likeness (QED) is 0.735. The van der Waals surface area contributed by atoms with Crippen molar-refractivity contribution in [3.63, 3.8) is 0 Å². The van der Waals surface area contributed by atoms with E-state index in [1.807, 2.05) is 6.08 Å². The number of hydrogen-bond donors (Lipinski definition) is 2. The molecular formula is C20H34O2. The molecule has 0 aromatic carbocycles. The van der Waals surface area contributed by atoms with Gasteiger partial charge in [0.05, 0.1) is 13.2 Å². The molecular weight excluding hydrogens is 272 g/mol. The molecule has 0 bridgehead atoms. The zero-order valence-electron chi connectivity index (χ0n) is 14.9. The Morgan fingerprint density at radius 3 is 2.64 bits per heavy atom. The summed E-state index contributed by atoms with van der Waals surface area (Å²) >= 11 is 0. The third kappa shape index (κ3) is 3.33. The molecule has 0 amide bonds. The Balaban J connectivity index is 2.25. The summed E-state index contributed by atoms with van der Waals surface area (Å²) in [7, 11) is 0. The molecule has 0 spiro atoms. The van der Waals surface area contributed by atoms with Crippen LogP contribution in [0.4, 0.5) is 0 Å². The van der Waals surface area contributed by atoms with Gasteiger partial charge in [-0.15, -0.1) is 0 Å². The van der Waals surface area contributed by atoms with Crippen LogP contribution in [-0.2, 0) is 0 Å². The predicted molar refractivity (Wildman–Crippen MR) is 92.6 cm³/mol. The fourth-order valence-electron chi connectivity index (χ4n) is 5.33. The van der Waals surface area contributed by atoms with Gasteiger partial charge >= 0.3 is 0 Å². The summed E-state index contributed by atoms with van der Waals surface area (Å²) in [5, 5.41) is 18.9. The molecule has 3 atom stereocenters. The molecule has 126 valence electrons. The molecule has 0 saturated heterocycles. The molecule has 2 N–H and O–H groups in total. The van der Waals surface area contributed by atoms with E-state index in [9.17, 15) is 5.11 Å². The number of hydrogen-bond acceptors (Lipinski definition) is 2. The van der Waals surface area contributed by atoms with E-state index in [2.05, 4.69) is 33.8 Å². The second-order valence-corrected chi connectivity index (χ2v) is 8.40. The Bertz CT molecular complexity index is 447. The minimum Gasteiger partial charge on any atom is -0.392 e. The van der Waals surface area contributed by atoms with Crippen LogP contribution in [0.15, 0.2) is 23.3 Å². The highest BCUT2D eigenvalue weighted by atomic mass is 16.3. The maximum Gasteiger partial charge on any atom is 0.0644 e. The second-order valence-electron chi connectivity index (χ2n) is 8.40. The largest absolute Gasteiger partial charge is 0.392 e. The van der Waals surface area contributed by atoms with Gasteiger partial charge in [-0.3, -0.25) is 0 Å². The van der Waals surface area contributed by atoms with E-state index in [0.717, 1.165) is 25.2 Å². The molecule has 0 aliphatic heterocycles. The minimum atomic E-state index is 0.131. The highest BCUT2D eigenvalue weighted by molar-refractivity contribution is 5.20. The highest BCUT2D eigenvalue weighted by Crippen LogP contribution is 2.60. The smallest absolute Gasteiger partial charge is 0.0644 e. The Kier molecular flexibility index (Phi) is 5.55. The van der Waals surface area contributed by atoms with Crippen molar-refractivity contribution in [2.24, 2.45) is 22.7 Å². The molecule has 2 aliphatic carbocycles. The van der Waals surface area contributed by atoms with Gasteiger partial charge in [-0.2, -0.15) is 0 Å². The monoisotopic (exact) mass is 306 g/mol. The van der Waals surface area contributed by atoms with Gasteiger partial charge in [0, 0.05) is 0 Å². The summed E-state index contributed by atoms with van der Waals surface area (Å²) in [6, 6.07) is 0. The Morgan fingerprint density at radius 2 is 2.00 bits per heavy atom. The molecule has 2 nitrogen and oxygen atoms in total. The zero-order valence-corrected chi connectivity index (χ0v) is 14.9. The molecule has 0 radical (unpaired) electrons. The van der Waals surface area contributed by atoms with Crippen LogP contribution >= 0.6 is 0 Å². The van der Waals surface area contributed by atoms with Crippen molar-refractivity contribution in [1.82, 2.24) is 0 Å². The molecule has 0 heterocycles. The first-order valence-corrected chi connectivity index (χ1v) is 8.91. The molecule has 1 fully saturated rings. The van der Waals surface area contributed by atoms with Crippen molar-refractivity contribution in [3.8, 4) is 0 Å². The van der Waals surface area contributed by atoms with Gasteiger partial charge in [0.25, 0.3) is 0 Å². The molecule has 2 aliphatic rings. The van der Waals surface area contributed by atoms with Crippen LogP contribution in [0, 0.1) is 22.7 Å². The number of rotatable bonds is 5. The summed E-state index contributed by atoms with van der Waals surface area (Å²) < 4.78 is 0. The van der Waals surface area contributed by atoms with E-state index in [4.69, 9.17) is 5.11 Å². The van der Waals surface area contributed by atoms with E-state index in [1.54, 1.807) is 0 Å². The maximum absolute atomic E-state index is 9.84. The lowest BCUT2D eigenvalue weighted by molar-refractivity contribution is -0.0419. The molecule has 22 heavy (non-hydrogen) atoms. The standard InChI is InChI=1S/C20H34O2/c1-15(10-13-21)6-8-17-16(14-22)7-9-18-19(2,3)11-5-12-20(17,18)4/h7,10,17-18,21-22H,5-6,8-9,11-14H2,1-4H3/b15-10+/t17-,18-,20+/m0/s1. The Morgan fingerprint density at radius 1 is 1.27 bits per heavy atom. The van der Waals surface area contributed by atoms with Gasteiger partial charge in [0.1, 0.15) is 0 Å². The summed E-state index contributed by atoms with van der Waals surface area (Å²) in [5.41, 5.74) is 3.24. The van der Waals surface area contributed by atoms with Crippen LogP contribution in [0.3, 0.4) is 0 Å². The third-order valence-corrected chi connectivity index (χ3v) is 6.58. The van der Waals surface area contributed by atoms with Crippen LogP contribution < -0.4 is 0 Å². The number of allylic oxidation sites excluding steroid dienone is 2. The number of aliphatic hydroxyl groups excluding tert-OH is 2. The SMILES string of the molecule is C/C(=C\CO)CC[C@H]1C(CO)=CC[C@H]2C(C)(C)CCC[C@]12C. The number of aliphatic hydroxyl groups is 2. The fraction of sp³-hybridized carbons (Fsp3) is 0.800. The van der Waals surface area contributed by atoms with Gasteiger partial charge in [-0.25, -0.2) is 0 Å². The lowest BCUT2D eigenvalue weighted by atomic mass is 9.48. The van der Waals surface area contributed by atoms with E-state index in [-0.39, 0.29) is 13.2 Å². The number of fused-ring (bicyclic) bond motifs is 1. The maximum atomic E-state index is 9.84. The Hall–Kier alpha value is -0.600. The fourth-order valence-corrected chi connectivity index (χ4v) is 5.33. The molecule has 2 rings (SSSR count). The normalized spacial score (nSPS) is 35.0. The lowest BCUT2D eigenvalue weighted by Crippen LogP contribution is -2.49. The van der Waals surface area contributed by atoms with Gasteiger partial charge in [-0.1, -0.05) is 44.9 Å². The molecule has 0 aromatic heterocycles. The van der Waals surface area contributed by atoms with E-state index >= 15 is 0 Å². The highest BCUT2D eigenvalue weighted by Gasteiger charge is 2.51. The van der Waals surface area contributed by atoms with Gasteiger partial charge < -0.3 is 10.2 Å². The van der Waals surface area contributed by atoms with E-state index in [1.165, 1.54) is 30.4 Å². The first-order chi connectivity index (χ1) is 10.3. The van der Waals surface area contributed by atoms with Gasteiger partial charge in [-0.05, 0) is 67.3 Å². The van der Waals surface area contributed by atoms with Gasteiger partial charge in [0.15, 0.2) is 0 Å². The van der Waals surface area contributed by atoms with Crippen LogP contribution in [0.5, 0.6) is 0 Å². The van der Waals surface area contributed by atoms with Crippen molar-refractivity contribution >= 4 is 0 Å². The predicted octanol–water partition coefficient (Wildman–Crippen LogP) is 4.48.